The van der Waals surface area contributed by atoms with Crippen LogP contribution in [0.3, 0.4) is 0 Å². The van der Waals surface area contributed by atoms with E-state index in [0.29, 0.717) is 5.92 Å². The van der Waals surface area contributed by atoms with Gasteiger partial charge in [0.1, 0.15) is 0 Å². The van der Waals surface area contributed by atoms with Gasteiger partial charge in [0.05, 0.1) is 6.61 Å². The summed E-state index contributed by atoms with van der Waals surface area (Å²) in [6.45, 7) is 2.49. The van der Waals surface area contributed by atoms with E-state index in [1.165, 1.54) is 13.1 Å². The summed E-state index contributed by atoms with van der Waals surface area (Å²) in [5, 5.41) is 8.83. The molecule has 4 heteroatoms. The normalized spacial score (nSPS) is 45.5. The van der Waals surface area contributed by atoms with Crippen molar-refractivity contribution in [2.75, 3.05) is 19.7 Å². The Labute approximate surface area is 80.4 Å². The predicted molar refractivity (Wildman–Crippen MR) is 51.1 cm³/mol. The van der Waals surface area contributed by atoms with Crippen molar-refractivity contribution in [3.05, 3.63) is 0 Å². The van der Waals surface area contributed by atoms with Gasteiger partial charge in [-0.25, -0.2) is 3.11 Å². The Kier molecular flexibility index (Phi) is 2.11. The van der Waals surface area contributed by atoms with Gasteiger partial charge in [-0.3, -0.25) is 0 Å². The third kappa shape index (κ3) is 1.30. The number of hydrogen-bond acceptors (Lipinski definition) is 3. The molecular weight excluding hydrogens is 255 g/mol. The number of nitrogens with zero attached hydrogens (tertiary/aromatic N) is 1. The van der Waals surface area contributed by atoms with Crippen molar-refractivity contribution in [2.45, 2.75) is 6.04 Å². The molecule has 3 N–H and O–H groups in total. The number of rotatable bonds is 2. The van der Waals surface area contributed by atoms with Gasteiger partial charge in [-0.05, 0) is 17.8 Å². The second-order valence-electron chi connectivity index (χ2n) is 3.58. The quantitative estimate of drug-likeness (QED) is 0.540. The summed E-state index contributed by atoms with van der Waals surface area (Å²) >= 11 is 2.35. The monoisotopic (exact) mass is 268 g/mol. The first kappa shape index (κ1) is 8.22. The number of hydrogen-bond donors (Lipinski definition) is 2. The molecule has 11 heavy (non-hydrogen) atoms. The number of halogens is 1. The molecule has 3 nitrogen and oxygen atoms in total. The van der Waals surface area contributed by atoms with Gasteiger partial charge in [0.25, 0.3) is 0 Å². The Bertz CT molecular complexity index is 155. The van der Waals surface area contributed by atoms with Gasteiger partial charge in [-0.1, -0.05) is 0 Å². The Morgan fingerprint density at radius 1 is 1.55 bits per heavy atom. The fourth-order valence-electron chi connectivity index (χ4n) is 2.28. The minimum Gasteiger partial charge on any atom is -0.395 e. The molecule has 1 aliphatic heterocycles. The molecule has 1 aliphatic carbocycles. The Balaban J connectivity index is 1.87. The number of aliphatic hydroxyl groups excluding tert-OH is 1. The zero-order valence-electron chi connectivity index (χ0n) is 6.28. The molecule has 2 rings (SSSR count). The summed E-state index contributed by atoms with van der Waals surface area (Å²) in [4.78, 5) is 0. The highest BCUT2D eigenvalue weighted by Crippen LogP contribution is 2.53. The van der Waals surface area contributed by atoms with E-state index in [1.54, 1.807) is 0 Å². The van der Waals surface area contributed by atoms with Crippen LogP contribution in [0.4, 0.5) is 0 Å². The Hall–Kier alpha value is 0.610. The van der Waals surface area contributed by atoms with E-state index < -0.39 is 0 Å². The summed E-state index contributed by atoms with van der Waals surface area (Å²) in [5.41, 5.74) is 5.74. The van der Waals surface area contributed by atoms with Gasteiger partial charge >= 0.3 is 0 Å². The molecule has 1 saturated carbocycles. The molecule has 0 aromatic carbocycles. The molecule has 0 aromatic heterocycles. The average molecular weight is 268 g/mol. The largest absolute Gasteiger partial charge is 0.395 e. The summed E-state index contributed by atoms with van der Waals surface area (Å²) in [7, 11) is 0. The van der Waals surface area contributed by atoms with E-state index in [4.69, 9.17) is 10.8 Å². The molecule has 0 spiro atoms. The van der Waals surface area contributed by atoms with E-state index in [-0.39, 0.29) is 12.6 Å². The van der Waals surface area contributed by atoms with E-state index >= 15 is 0 Å². The standard InChI is InChI=1S/C7H13IN2O/c8-10-1-4-5(2-10)7(4)6(9)3-11/h4-7,11H,1-3,9H2. The molecule has 0 aromatic rings. The van der Waals surface area contributed by atoms with Gasteiger partial charge in [-0.2, -0.15) is 0 Å². The smallest absolute Gasteiger partial charge is 0.0585 e. The van der Waals surface area contributed by atoms with E-state index in [0.717, 1.165) is 11.8 Å². The van der Waals surface area contributed by atoms with E-state index in [9.17, 15) is 0 Å². The fraction of sp³-hybridized carbons (Fsp3) is 1.00. The Morgan fingerprint density at radius 2 is 2.09 bits per heavy atom. The zero-order valence-corrected chi connectivity index (χ0v) is 8.44. The van der Waals surface area contributed by atoms with Crippen molar-refractivity contribution >= 4 is 22.9 Å². The highest BCUT2D eigenvalue weighted by Gasteiger charge is 2.57. The van der Waals surface area contributed by atoms with Crippen LogP contribution < -0.4 is 5.73 Å². The maximum absolute atomic E-state index is 8.83. The van der Waals surface area contributed by atoms with Crippen LogP contribution in [0, 0.1) is 17.8 Å². The maximum atomic E-state index is 8.83. The predicted octanol–water partition coefficient (Wildman–Crippen LogP) is -0.166. The van der Waals surface area contributed by atoms with Crippen molar-refractivity contribution in [1.82, 2.24) is 3.11 Å². The molecular formula is C7H13IN2O. The molecule has 2 fully saturated rings. The molecule has 2 aliphatic rings. The molecule has 64 valence electrons. The second-order valence-corrected chi connectivity index (χ2v) is 4.94. The minimum atomic E-state index is 0.0371. The van der Waals surface area contributed by atoms with Crippen LogP contribution in [-0.4, -0.2) is 34.0 Å². The maximum Gasteiger partial charge on any atom is 0.0585 e. The molecule has 0 amide bonds. The zero-order chi connectivity index (χ0) is 8.01. The third-order valence-corrected chi connectivity index (χ3v) is 3.71. The van der Waals surface area contributed by atoms with Gasteiger partial charge in [0.15, 0.2) is 0 Å². The second kappa shape index (κ2) is 2.83. The first-order valence-corrected chi connectivity index (χ1v) is 4.97. The third-order valence-electron chi connectivity index (χ3n) is 2.92. The molecule has 1 saturated heterocycles. The van der Waals surface area contributed by atoms with Crippen molar-refractivity contribution < 1.29 is 5.11 Å². The highest BCUT2D eigenvalue weighted by molar-refractivity contribution is 14.1. The molecule has 1 heterocycles. The van der Waals surface area contributed by atoms with Crippen LogP contribution in [-0.2, 0) is 0 Å². The van der Waals surface area contributed by atoms with Gasteiger partial charge < -0.3 is 10.8 Å². The van der Waals surface area contributed by atoms with Crippen LogP contribution >= 0.6 is 22.9 Å². The van der Waals surface area contributed by atoms with Gasteiger partial charge in [0, 0.05) is 42.0 Å². The topological polar surface area (TPSA) is 49.5 Å². The van der Waals surface area contributed by atoms with E-state index in [2.05, 4.69) is 26.0 Å². The first-order chi connectivity index (χ1) is 5.24. The van der Waals surface area contributed by atoms with Gasteiger partial charge in [0.2, 0.25) is 0 Å². The summed E-state index contributed by atoms with van der Waals surface area (Å²) in [5.74, 6) is 2.19. The van der Waals surface area contributed by atoms with Crippen LogP contribution in [0.2, 0.25) is 0 Å². The molecule has 0 bridgehead atoms. The van der Waals surface area contributed by atoms with Crippen LogP contribution in [0.1, 0.15) is 0 Å². The van der Waals surface area contributed by atoms with Crippen molar-refractivity contribution in [3.8, 4) is 0 Å². The lowest BCUT2D eigenvalue weighted by atomic mass is 10.1. The van der Waals surface area contributed by atoms with Crippen molar-refractivity contribution in [3.63, 3.8) is 0 Å². The lowest BCUT2D eigenvalue weighted by Crippen LogP contribution is -2.31. The molecule has 3 unspecified atom stereocenters. The lowest BCUT2D eigenvalue weighted by Gasteiger charge is -2.14. The number of piperidine rings is 1. The van der Waals surface area contributed by atoms with Crippen LogP contribution in [0.25, 0.3) is 0 Å². The number of fused-ring (bicyclic) bond motifs is 1. The van der Waals surface area contributed by atoms with Crippen molar-refractivity contribution in [1.29, 1.82) is 0 Å². The summed E-state index contributed by atoms with van der Waals surface area (Å²) < 4.78 is 2.31. The lowest BCUT2D eigenvalue weighted by molar-refractivity contribution is 0.241. The summed E-state index contributed by atoms with van der Waals surface area (Å²) in [6, 6.07) is 0.0371. The Morgan fingerprint density at radius 3 is 2.55 bits per heavy atom. The summed E-state index contributed by atoms with van der Waals surface area (Å²) in [6.07, 6.45) is 0. The van der Waals surface area contributed by atoms with Crippen LogP contribution in [0.5, 0.6) is 0 Å². The molecule has 0 radical (unpaired) electrons. The average Bonchev–Trinajstić information content (AvgIpc) is 2.48. The SMILES string of the molecule is NC(CO)C1C2CN(I)CC21. The van der Waals surface area contributed by atoms with E-state index in [1.807, 2.05) is 0 Å². The highest BCUT2D eigenvalue weighted by atomic mass is 127. The molecule has 3 atom stereocenters. The fourth-order valence-corrected chi connectivity index (χ4v) is 3.19. The number of aliphatic hydroxyl groups is 1. The first-order valence-electron chi connectivity index (χ1n) is 4.01. The van der Waals surface area contributed by atoms with Crippen molar-refractivity contribution in [2.24, 2.45) is 23.5 Å². The van der Waals surface area contributed by atoms with Crippen LogP contribution in [0.15, 0.2) is 0 Å². The minimum absolute atomic E-state index is 0.0371. The number of nitrogens with two attached hydrogens (primary N) is 1. The van der Waals surface area contributed by atoms with Gasteiger partial charge in [-0.15, -0.1) is 0 Å².